The summed E-state index contributed by atoms with van der Waals surface area (Å²) in [6, 6.07) is 8.77. The Morgan fingerprint density at radius 2 is 1.74 bits per heavy atom. The number of nitrogens with zero attached hydrogens (tertiary/aromatic N) is 3. The number of methoxy groups -OCH3 is 2. The predicted molar refractivity (Wildman–Crippen MR) is 147 cm³/mol. The molecule has 3 heterocycles. The third-order valence-electron chi connectivity index (χ3n) is 7.33. The van der Waals surface area contributed by atoms with Gasteiger partial charge in [-0.2, -0.15) is 4.31 Å². The zero-order valence-corrected chi connectivity index (χ0v) is 24.0. The topological polar surface area (TPSA) is 89.0 Å². The van der Waals surface area contributed by atoms with Gasteiger partial charge in [0.15, 0.2) is 11.5 Å². The number of fused-ring (bicyclic) bond motifs is 1. The first kappa shape index (κ1) is 26.9. The molecular formula is C27H30ClN3O5S2. The van der Waals surface area contributed by atoms with Crippen molar-refractivity contribution < 1.29 is 22.7 Å². The molecule has 0 aliphatic carbocycles. The molecule has 0 saturated carbocycles. The number of thiazole rings is 1. The van der Waals surface area contributed by atoms with Gasteiger partial charge in [-0.15, -0.1) is 11.3 Å². The minimum absolute atomic E-state index is 0.0933. The molecule has 0 spiro atoms. The lowest BCUT2D eigenvalue weighted by Crippen LogP contribution is -2.38. The fraction of sp³-hybridized carbons (Fsp3) is 0.407. The maximum Gasteiger partial charge on any atom is 0.273 e. The Morgan fingerprint density at radius 1 is 1.05 bits per heavy atom. The van der Waals surface area contributed by atoms with Crippen LogP contribution >= 0.6 is 22.9 Å². The quantitative estimate of drug-likeness (QED) is 0.416. The van der Waals surface area contributed by atoms with Crippen molar-refractivity contribution in [2.75, 3.05) is 33.9 Å². The van der Waals surface area contributed by atoms with Gasteiger partial charge in [0.2, 0.25) is 10.0 Å². The number of carbonyl (C=O) groups excluding carboxylic acids is 1. The molecule has 0 bridgehead atoms. The van der Waals surface area contributed by atoms with Crippen molar-refractivity contribution in [1.82, 2.24) is 14.2 Å². The molecule has 2 aromatic carbocycles. The number of carbonyl (C=O) groups is 1. The fourth-order valence-corrected chi connectivity index (χ4v) is 7.72. The second-order valence-electron chi connectivity index (χ2n) is 9.61. The maximum atomic E-state index is 13.3. The van der Waals surface area contributed by atoms with E-state index in [2.05, 4.69) is 0 Å². The minimum atomic E-state index is -3.61. The van der Waals surface area contributed by atoms with Gasteiger partial charge in [0.05, 0.1) is 24.1 Å². The third-order valence-corrected chi connectivity index (χ3v) is 10.6. The first-order valence-corrected chi connectivity index (χ1v) is 15.2. The Hall–Kier alpha value is -2.66. The molecule has 2 aliphatic heterocycles. The van der Waals surface area contributed by atoms with Crippen LogP contribution in [-0.4, -0.2) is 62.4 Å². The van der Waals surface area contributed by atoms with Crippen molar-refractivity contribution in [2.45, 2.75) is 43.5 Å². The summed E-state index contributed by atoms with van der Waals surface area (Å²) >= 11 is 7.64. The summed E-state index contributed by atoms with van der Waals surface area (Å²) in [5, 5.41) is 3.14. The van der Waals surface area contributed by atoms with Crippen LogP contribution in [-0.2, 0) is 23.0 Å². The Balaban J connectivity index is 1.23. The van der Waals surface area contributed by atoms with Crippen molar-refractivity contribution >= 4 is 38.9 Å². The number of hydrogen-bond donors (Lipinski definition) is 0. The average Bonchev–Trinajstić information content (AvgIpc) is 3.43. The van der Waals surface area contributed by atoms with E-state index >= 15 is 0 Å². The van der Waals surface area contributed by atoms with E-state index in [0.29, 0.717) is 61.2 Å². The second-order valence-corrected chi connectivity index (χ2v) is 12.8. The first-order valence-electron chi connectivity index (χ1n) is 12.5. The molecule has 0 unspecified atom stereocenters. The van der Waals surface area contributed by atoms with E-state index in [1.165, 1.54) is 21.7 Å². The van der Waals surface area contributed by atoms with Gasteiger partial charge in [0.1, 0.15) is 5.69 Å². The van der Waals surface area contributed by atoms with Gasteiger partial charge in [-0.1, -0.05) is 17.7 Å². The number of aromatic nitrogens is 1. The average molecular weight is 576 g/mol. The Labute approximate surface area is 232 Å². The number of aryl methyl sites for hydroxylation is 1. The van der Waals surface area contributed by atoms with Gasteiger partial charge in [0, 0.05) is 42.5 Å². The monoisotopic (exact) mass is 575 g/mol. The highest BCUT2D eigenvalue weighted by molar-refractivity contribution is 7.89. The molecule has 0 N–H and O–H groups in total. The summed E-state index contributed by atoms with van der Waals surface area (Å²) in [4.78, 5) is 20.0. The third kappa shape index (κ3) is 5.14. The number of hydrogen-bond acceptors (Lipinski definition) is 7. The summed E-state index contributed by atoms with van der Waals surface area (Å²) in [5.74, 6) is 1.37. The normalized spacial score (nSPS) is 16.8. The van der Waals surface area contributed by atoms with E-state index in [9.17, 15) is 13.2 Å². The standard InChI is InChI=1S/C27H30ClN3O5S2/c1-17-4-5-21(14-22(17)28)38(33,34)31-10-7-18(8-11-31)26-29-23(16-37-26)27(32)30-9-6-19-12-24(35-2)25(36-3)13-20(19)15-30/h4-5,12-14,16,18H,6-11,15H2,1-3H3. The molecule has 1 amide bonds. The van der Waals surface area contributed by atoms with Crippen molar-refractivity contribution in [3.05, 3.63) is 68.1 Å². The number of amides is 1. The van der Waals surface area contributed by atoms with Gasteiger partial charge in [-0.3, -0.25) is 4.79 Å². The van der Waals surface area contributed by atoms with Crippen LogP contribution in [0.3, 0.4) is 0 Å². The van der Waals surface area contributed by atoms with Crippen LogP contribution in [0, 0.1) is 6.92 Å². The molecule has 0 atom stereocenters. The number of ether oxygens (including phenoxy) is 2. The van der Waals surface area contributed by atoms with Gasteiger partial charge in [0.25, 0.3) is 5.91 Å². The summed E-state index contributed by atoms with van der Waals surface area (Å²) < 4.78 is 38.6. The zero-order chi connectivity index (χ0) is 27.0. The summed E-state index contributed by atoms with van der Waals surface area (Å²) in [6.07, 6.45) is 2.04. The first-order chi connectivity index (χ1) is 18.2. The summed E-state index contributed by atoms with van der Waals surface area (Å²) in [5.41, 5.74) is 3.48. The molecule has 11 heteroatoms. The summed E-state index contributed by atoms with van der Waals surface area (Å²) in [7, 11) is -0.391. The minimum Gasteiger partial charge on any atom is -0.493 e. The Bertz CT molecular complexity index is 1470. The Kier molecular flexibility index (Phi) is 7.68. The number of sulfonamides is 1. The smallest absolute Gasteiger partial charge is 0.273 e. The van der Waals surface area contributed by atoms with E-state index in [-0.39, 0.29) is 16.7 Å². The van der Waals surface area contributed by atoms with Crippen LogP contribution in [0.1, 0.15) is 50.9 Å². The van der Waals surface area contributed by atoms with Crippen LogP contribution in [0.25, 0.3) is 0 Å². The SMILES string of the molecule is COc1cc2c(cc1OC)CN(C(=O)c1csc(C3CCN(S(=O)(=O)c4ccc(C)c(Cl)c4)CC3)n1)CC2. The van der Waals surface area contributed by atoms with Gasteiger partial charge in [-0.05, 0) is 67.1 Å². The van der Waals surface area contributed by atoms with Crippen LogP contribution in [0.15, 0.2) is 40.6 Å². The van der Waals surface area contributed by atoms with Crippen molar-refractivity contribution in [3.8, 4) is 11.5 Å². The molecule has 2 aliphatic rings. The van der Waals surface area contributed by atoms with Crippen LogP contribution < -0.4 is 9.47 Å². The van der Waals surface area contributed by atoms with E-state index in [0.717, 1.165) is 28.1 Å². The lowest BCUT2D eigenvalue weighted by atomic mass is 9.98. The van der Waals surface area contributed by atoms with Crippen molar-refractivity contribution in [2.24, 2.45) is 0 Å². The molecule has 202 valence electrons. The molecule has 8 nitrogen and oxygen atoms in total. The second kappa shape index (κ2) is 10.8. The van der Waals surface area contributed by atoms with Gasteiger partial charge in [-0.25, -0.2) is 13.4 Å². The highest BCUT2D eigenvalue weighted by atomic mass is 35.5. The number of benzene rings is 2. The lowest BCUT2D eigenvalue weighted by molar-refractivity contribution is 0.0729. The van der Waals surface area contributed by atoms with Crippen LogP contribution in [0.5, 0.6) is 11.5 Å². The molecule has 1 saturated heterocycles. The highest BCUT2D eigenvalue weighted by Crippen LogP contribution is 2.35. The highest BCUT2D eigenvalue weighted by Gasteiger charge is 2.32. The van der Waals surface area contributed by atoms with Gasteiger partial charge < -0.3 is 14.4 Å². The molecule has 1 fully saturated rings. The zero-order valence-electron chi connectivity index (χ0n) is 21.6. The largest absolute Gasteiger partial charge is 0.493 e. The number of halogens is 1. The van der Waals surface area contributed by atoms with Crippen molar-refractivity contribution in [3.63, 3.8) is 0 Å². The number of rotatable bonds is 6. The molecule has 1 aromatic heterocycles. The maximum absolute atomic E-state index is 13.3. The van der Waals surface area contributed by atoms with Crippen LogP contribution in [0.4, 0.5) is 0 Å². The van der Waals surface area contributed by atoms with Crippen molar-refractivity contribution in [1.29, 1.82) is 0 Å². The predicted octanol–water partition coefficient (Wildman–Crippen LogP) is 4.89. The van der Waals surface area contributed by atoms with E-state index in [1.807, 2.05) is 29.3 Å². The van der Waals surface area contributed by atoms with Gasteiger partial charge >= 0.3 is 0 Å². The molecule has 5 rings (SSSR count). The van der Waals surface area contributed by atoms with E-state index in [4.69, 9.17) is 26.1 Å². The van der Waals surface area contributed by atoms with Crippen LogP contribution in [0.2, 0.25) is 5.02 Å². The van der Waals surface area contributed by atoms with E-state index < -0.39 is 10.0 Å². The fourth-order valence-electron chi connectivity index (χ4n) is 5.02. The summed E-state index contributed by atoms with van der Waals surface area (Å²) in [6.45, 7) is 3.73. The van der Waals surface area contributed by atoms with E-state index in [1.54, 1.807) is 26.4 Å². The lowest BCUT2D eigenvalue weighted by Gasteiger charge is -2.30. The molecule has 0 radical (unpaired) electrons. The Morgan fingerprint density at radius 3 is 2.39 bits per heavy atom. The number of piperidine rings is 1. The molecule has 38 heavy (non-hydrogen) atoms. The molecular weight excluding hydrogens is 546 g/mol. The molecule has 3 aromatic rings.